The molecule has 0 radical (unpaired) electrons. The van der Waals surface area contributed by atoms with Crippen molar-refractivity contribution in [3.05, 3.63) is 24.0 Å². The Morgan fingerprint density at radius 3 is 3.19 bits per heavy atom. The third kappa shape index (κ3) is 1.69. The van der Waals surface area contributed by atoms with Crippen LogP contribution in [0, 0.1) is 6.92 Å². The average Bonchev–Trinajstić information content (AvgIpc) is 2.86. The summed E-state index contributed by atoms with van der Waals surface area (Å²) >= 11 is 0. The van der Waals surface area contributed by atoms with E-state index in [0.717, 1.165) is 6.04 Å². The lowest BCUT2D eigenvalue weighted by Crippen LogP contribution is -2.33. The molecule has 2 fully saturated rings. The van der Waals surface area contributed by atoms with Crippen LogP contribution in [0.3, 0.4) is 0 Å². The molecule has 86 valence electrons. The summed E-state index contributed by atoms with van der Waals surface area (Å²) in [6.07, 6.45) is 7.83. The molecule has 1 aromatic rings. The van der Waals surface area contributed by atoms with Gasteiger partial charge in [-0.15, -0.1) is 0 Å². The highest BCUT2D eigenvalue weighted by atomic mass is 15.2. The van der Waals surface area contributed by atoms with Gasteiger partial charge in [-0.3, -0.25) is 9.88 Å². The molecule has 0 amide bonds. The maximum Gasteiger partial charge on any atom is 0.0429 e. The zero-order valence-corrected chi connectivity index (χ0v) is 9.82. The van der Waals surface area contributed by atoms with E-state index in [0.29, 0.717) is 6.04 Å². The highest BCUT2D eigenvalue weighted by Gasteiger charge is 2.36. The second-order valence-electron chi connectivity index (χ2n) is 4.98. The number of anilines is 1. The van der Waals surface area contributed by atoms with Crippen molar-refractivity contribution in [2.45, 2.75) is 38.3 Å². The van der Waals surface area contributed by atoms with E-state index >= 15 is 0 Å². The molecule has 16 heavy (non-hydrogen) atoms. The van der Waals surface area contributed by atoms with Crippen molar-refractivity contribution in [3.63, 3.8) is 0 Å². The fourth-order valence-corrected chi connectivity index (χ4v) is 3.09. The molecule has 1 aromatic heterocycles. The second-order valence-corrected chi connectivity index (χ2v) is 4.98. The molecule has 0 saturated carbocycles. The van der Waals surface area contributed by atoms with Crippen LogP contribution in [0.25, 0.3) is 0 Å². The first kappa shape index (κ1) is 10.1. The first-order valence-corrected chi connectivity index (χ1v) is 6.26. The predicted molar refractivity (Wildman–Crippen MR) is 65.6 cm³/mol. The third-order valence-electron chi connectivity index (χ3n) is 3.97. The zero-order chi connectivity index (χ0) is 11.0. The van der Waals surface area contributed by atoms with Gasteiger partial charge >= 0.3 is 0 Å². The Balaban J connectivity index is 1.73. The van der Waals surface area contributed by atoms with Gasteiger partial charge in [0.2, 0.25) is 0 Å². The van der Waals surface area contributed by atoms with Gasteiger partial charge in [0, 0.05) is 36.7 Å². The number of fused-ring (bicyclic) bond motifs is 1. The average molecular weight is 217 g/mol. The summed E-state index contributed by atoms with van der Waals surface area (Å²) < 4.78 is 0. The molecule has 0 aromatic carbocycles. The van der Waals surface area contributed by atoms with E-state index in [1.54, 1.807) is 0 Å². The lowest BCUT2D eigenvalue weighted by molar-refractivity contribution is 0.318. The van der Waals surface area contributed by atoms with Crippen molar-refractivity contribution in [2.24, 2.45) is 0 Å². The normalized spacial score (nSPS) is 29.3. The SMILES string of the molecule is Cc1cnccc1NC1CCN2CCCC12. The Morgan fingerprint density at radius 1 is 1.38 bits per heavy atom. The standard InChI is InChI=1S/C13H19N3/c1-10-9-14-6-4-11(10)15-12-5-8-16-7-2-3-13(12)16/h4,6,9,12-13H,2-3,5,7-8H2,1H3,(H,14,15). The fraction of sp³-hybridized carbons (Fsp3) is 0.615. The number of nitrogens with one attached hydrogen (secondary N) is 1. The fourth-order valence-electron chi connectivity index (χ4n) is 3.09. The van der Waals surface area contributed by atoms with Crippen LogP contribution >= 0.6 is 0 Å². The first-order valence-electron chi connectivity index (χ1n) is 6.26. The minimum atomic E-state index is 0.642. The molecule has 2 atom stereocenters. The smallest absolute Gasteiger partial charge is 0.0429 e. The number of aromatic nitrogens is 1. The van der Waals surface area contributed by atoms with Crippen molar-refractivity contribution in [1.29, 1.82) is 0 Å². The lowest BCUT2D eigenvalue weighted by atomic mass is 10.1. The van der Waals surface area contributed by atoms with Crippen LogP contribution in [0.1, 0.15) is 24.8 Å². The molecular formula is C13H19N3. The maximum absolute atomic E-state index is 4.14. The summed E-state index contributed by atoms with van der Waals surface area (Å²) in [6.45, 7) is 4.70. The highest BCUT2D eigenvalue weighted by molar-refractivity contribution is 5.49. The summed E-state index contributed by atoms with van der Waals surface area (Å²) in [5.74, 6) is 0. The van der Waals surface area contributed by atoms with Crippen LogP contribution in [0.4, 0.5) is 5.69 Å². The van der Waals surface area contributed by atoms with E-state index in [2.05, 4.69) is 28.2 Å². The Labute approximate surface area is 96.9 Å². The Bertz CT molecular complexity index is 377. The molecule has 3 heteroatoms. The third-order valence-corrected chi connectivity index (χ3v) is 3.97. The van der Waals surface area contributed by atoms with Gasteiger partial charge in [0.25, 0.3) is 0 Å². The molecule has 3 nitrogen and oxygen atoms in total. The summed E-state index contributed by atoms with van der Waals surface area (Å²) in [6, 6.07) is 3.50. The van der Waals surface area contributed by atoms with Crippen LogP contribution in [0.2, 0.25) is 0 Å². The van der Waals surface area contributed by atoms with Gasteiger partial charge in [-0.2, -0.15) is 0 Å². The Hall–Kier alpha value is -1.09. The van der Waals surface area contributed by atoms with Crippen LogP contribution < -0.4 is 5.32 Å². The van der Waals surface area contributed by atoms with Gasteiger partial charge in [0.15, 0.2) is 0 Å². The number of rotatable bonds is 2. The first-order chi connectivity index (χ1) is 7.84. The summed E-state index contributed by atoms with van der Waals surface area (Å²) in [5.41, 5.74) is 2.51. The monoisotopic (exact) mass is 217 g/mol. The van der Waals surface area contributed by atoms with E-state index in [1.165, 1.54) is 43.6 Å². The molecule has 1 N–H and O–H groups in total. The predicted octanol–water partition coefficient (Wildman–Crippen LogP) is 2.04. The molecule has 0 spiro atoms. The number of pyridine rings is 1. The van der Waals surface area contributed by atoms with Crippen molar-refractivity contribution >= 4 is 5.69 Å². The van der Waals surface area contributed by atoms with E-state index in [9.17, 15) is 0 Å². The molecule has 2 unspecified atom stereocenters. The summed E-state index contributed by atoms with van der Waals surface area (Å²) in [4.78, 5) is 6.77. The number of hydrogen-bond donors (Lipinski definition) is 1. The van der Waals surface area contributed by atoms with E-state index in [4.69, 9.17) is 0 Å². The summed E-state index contributed by atoms with van der Waals surface area (Å²) in [5, 5.41) is 3.70. The lowest BCUT2D eigenvalue weighted by Gasteiger charge is -2.22. The molecule has 0 bridgehead atoms. The van der Waals surface area contributed by atoms with Crippen LogP contribution in [0.15, 0.2) is 18.5 Å². The van der Waals surface area contributed by atoms with E-state index < -0.39 is 0 Å². The Kier molecular flexibility index (Phi) is 2.56. The van der Waals surface area contributed by atoms with Crippen molar-refractivity contribution in [1.82, 2.24) is 9.88 Å². The Morgan fingerprint density at radius 2 is 2.31 bits per heavy atom. The van der Waals surface area contributed by atoms with E-state index in [-0.39, 0.29) is 0 Å². The molecule has 3 heterocycles. The van der Waals surface area contributed by atoms with Gasteiger partial charge in [0.05, 0.1) is 0 Å². The molecular weight excluding hydrogens is 198 g/mol. The highest BCUT2D eigenvalue weighted by Crippen LogP contribution is 2.30. The summed E-state index contributed by atoms with van der Waals surface area (Å²) in [7, 11) is 0. The molecule has 3 rings (SSSR count). The zero-order valence-electron chi connectivity index (χ0n) is 9.82. The quantitative estimate of drug-likeness (QED) is 0.821. The largest absolute Gasteiger partial charge is 0.380 e. The molecule has 2 aliphatic heterocycles. The maximum atomic E-state index is 4.14. The topological polar surface area (TPSA) is 28.2 Å². The van der Waals surface area contributed by atoms with Gasteiger partial charge in [0.1, 0.15) is 0 Å². The van der Waals surface area contributed by atoms with Gasteiger partial charge < -0.3 is 5.32 Å². The van der Waals surface area contributed by atoms with Gasteiger partial charge in [-0.1, -0.05) is 0 Å². The second kappa shape index (κ2) is 4.06. The van der Waals surface area contributed by atoms with E-state index in [1.807, 2.05) is 12.4 Å². The number of aryl methyl sites for hydroxylation is 1. The van der Waals surface area contributed by atoms with Crippen molar-refractivity contribution < 1.29 is 0 Å². The minimum Gasteiger partial charge on any atom is -0.380 e. The number of hydrogen-bond acceptors (Lipinski definition) is 3. The van der Waals surface area contributed by atoms with Crippen molar-refractivity contribution in [3.8, 4) is 0 Å². The van der Waals surface area contributed by atoms with Gasteiger partial charge in [-0.05, 0) is 44.4 Å². The molecule has 2 saturated heterocycles. The minimum absolute atomic E-state index is 0.642. The van der Waals surface area contributed by atoms with Crippen LogP contribution in [-0.4, -0.2) is 35.1 Å². The van der Waals surface area contributed by atoms with Crippen LogP contribution in [0.5, 0.6) is 0 Å². The molecule has 0 aliphatic carbocycles. The van der Waals surface area contributed by atoms with Crippen LogP contribution in [-0.2, 0) is 0 Å². The number of nitrogens with zero attached hydrogens (tertiary/aromatic N) is 2. The van der Waals surface area contributed by atoms with Crippen molar-refractivity contribution in [2.75, 3.05) is 18.4 Å². The molecule has 2 aliphatic rings. The van der Waals surface area contributed by atoms with Gasteiger partial charge in [-0.25, -0.2) is 0 Å².